The van der Waals surface area contributed by atoms with Gasteiger partial charge in [-0.2, -0.15) is 0 Å². The van der Waals surface area contributed by atoms with E-state index in [0.717, 1.165) is 56.2 Å². The van der Waals surface area contributed by atoms with E-state index in [9.17, 15) is 14.4 Å². The Morgan fingerprint density at radius 1 is 1.02 bits per heavy atom. The molecule has 1 unspecified atom stereocenters. The molecule has 0 saturated carbocycles. The van der Waals surface area contributed by atoms with Crippen LogP contribution >= 0.6 is 0 Å². The molecule has 0 bridgehead atoms. The number of ether oxygens (including phenoxy) is 3. The van der Waals surface area contributed by atoms with Crippen molar-refractivity contribution < 1.29 is 28.6 Å². The number of rotatable bonds is 20. The maximum absolute atomic E-state index is 13.3. The van der Waals surface area contributed by atoms with Crippen molar-refractivity contribution in [3.63, 3.8) is 0 Å². The number of nitrogens with one attached hydrogen (secondary N) is 2. The molecule has 1 heterocycles. The third-order valence-corrected chi connectivity index (χ3v) is 8.10. The van der Waals surface area contributed by atoms with Crippen molar-refractivity contribution in [2.24, 2.45) is 11.7 Å². The highest BCUT2D eigenvalue weighted by molar-refractivity contribution is 6.43. The number of Topliss-reactive ketones (excluding diaryl/α,β-unsaturated/α-hetero) is 1. The maximum Gasteiger partial charge on any atom is 0.292 e. The number of ketones is 2. The minimum absolute atomic E-state index is 0.0530. The molecular weight excluding hydrogens is 606 g/mol. The predicted octanol–water partition coefficient (Wildman–Crippen LogP) is 6.17. The molecular formula is C39H49N3O6. The summed E-state index contributed by atoms with van der Waals surface area (Å²) >= 11 is 0. The van der Waals surface area contributed by atoms with Gasteiger partial charge in [-0.1, -0.05) is 60.6 Å². The van der Waals surface area contributed by atoms with E-state index in [1.165, 1.54) is 44.6 Å². The van der Waals surface area contributed by atoms with Gasteiger partial charge in [0.25, 0.3) is 5.91 Å². The minimum Gasteiger partial charge on any atom is -0.493 e. The molecule has 48 heavy (non-hydrogen) atoms. The Balaban J connectivity index is 1.78. The molecule has 1 amide bonds. The summed E-state index contributed by atoms with van der Waals surface area (Å²) in [6.07, 6.45) is 19.7. The Bertz CT molecular complexity index is 1510. The van der Waals surface area contributed by atoms with Crippen molar-refractivity contribution in [1.29, 1.82) is 0 Å². The Hall–Kier alpha value is -5.05. The molecule has 0 saturated heterocycles. The van der Waals surface area contributed by atoms with Crippen molar-refractivity contribution in [2.45, 2.75) is 51.9 Å². The second kappa shape index (κ2) is 20.2. The molecule has 1 aliphatic rings. The van der Waals surface area contributed by atoms with E-state index in [2.05, 4.69) is 35.8 Å². The van der Waals surface area contributed by atoms with Crippen molar-refractivity contribution >= 4 is 17.5 Å². The fourth-order valence-corrected chi connectivity index (χ4v) is 5.69. The van der Waals surface area contributed by atoms with Crippen molar-refractivity contribution in [2.75, 3.05) is 34.4 Å². The van der Waals surface area contributed by atoms with Crippen LogP contribution in [0.25, 0.3) is 0 Å². The van der Waals surface area contributed by atoms with Gasteiger partial charge in [0.05, 0.1) is 27.9 Å². The van der Waals surface area contributed by atoms with Gasteiger partial charge in [-0.05, 0) is 105 Å². The summed E-state index contributed by atoms with van der Waals surface area (Å²) in [4.78, 5) is 39.2. The van der Waals surface area contributed by atoms with Crippen molar-refractivity contribution in [1.82, 2.24) is 10.6 Å². The van der Waals surface area contributed by atoms with E-state index >= 15 is 0 Å². The van der Waals surface area contributed by atoms with Gasteiger partial charge in [-0.15, -0.1) is 0 Å². The van der Waals surface area contributed by atoms with Crippen LogP contribution < -0.4 is 30.6 Å². The molecule has 0 radical (unpaired) electrons. The Labute approximate surface area is 284 Å². The van der Waals surface area contributed by atoms with Crippen LogP contribution in [0.15, 0.2) is 102 Å². The first-order chi connectivity index (χ1) is 23.3. The van der Waals surface area contributed by atoms with Crippen LogP contribution in [-0.2, 0) is 16.0 Å². The smallest absolute Gasteiger partial charge is 0.292 e. The van der Waals surface area contributed by atoms with E-state index in [1.807, 2.05) is 42.6 Å². The summed E-state index contributed by atoms with van der Waals surface area (Å²) in [5.41, 5.74) is 10.4. The highest BCUT2D eigenvalue weighted by Crippen LogP contribution is 2.38. The van der Waals surface area contributed by atoms with Crippen molar-refractivity contribution in [3.05, 3.63) is 113 Å². The van der Waals surface area contributed by atoms with Crippen LogP contribution in [0.5, 0.6) is 17.2 Å². The van der Waals surface area contributed by atoms with Crippen LogP contribution in [0.4, 0.5) is 0 Å². The zero-order valence-electron chi connectivity index (χ0n) is 28.6. The van der Waals surface area contributed by atoms with E-state index in [-0.39, 0.29) is 29.4 Å². The number of carbonyl (C=O) groups is 3. The SMILES string of the molecule is CC/C=C(\C=C/N)CCC(CCC1=CCNC=C1)CC(=CC(=O)CNC(=O)C(=O)c1cc(OC)c(OC)c(OC)c1)Cc1ccccc1. The average Bonchev–Trinajstić information content (AvgIpc) is 3.11. The van der Waals surface area contributed by atoms with Gasteiger partial charge in [-0.3, -0.25) is 14.4 Å². The maximum atomic E-state index is 13.3. The van der Waals surface area contributed by atoms with Crippen LogP contribution in [0, 0.1) is 5.92 Å². The number of dihydropyridines is 1. The fourth-order valence-electron chi connectivity index (χ4n) is 5.69. The number of amides is 1. The van der Waals surface area contributed by atoms with Crippen LogP contribution in [0.2, 0.25) is 0 Å². The summed E-state index contributed by atoms with van der Waals surface area (Å²) in [6.45, 7) is 2.62. The highest BCUT2D eigenvalue weighted by Gasteiger charge is 2.22. The average molecular weight is 656 g/mol. The molecule has 2 aromatic rings. The third-order valence-electron chi connectivity index (χ3n) is 8.10. The number of methoxy groups -OCH3 is 3. The molecule has 3 rings (SSSR count). The minimum atomic E-state index is -0.903. The van der Waals surface area contributed by atoms with Crippen LogP contribution in [-0.4, -0.2) is 51.9 Å². The van der Waals surface area contributed by atoms with E-state index in [4.69, 9.17) is 19.9 Å². The first-order valence-electron chi connectivity index (χ1n) is 16.4. The van der Waals surface area contributed by atoms with E-state index in [0.29, 0.717) is 18.1 Å². The van der Waals surface area contributed by atoms with Crippen molar-refractivity contribution in [3.8, 4) is 17.2 Å². The number of hydrogen-bond donors (Lipinski definition) is 3. The molecule has 0 fully saturated rings. The summed E-state index contributed by atoms with van der Waals surface area (Å²) < 4.78 is 15.9. The number of hydrogen-bond acceptors (Lipinski definition) is 8. The molecule has 0 spiro atoms. The molecule has 2 aromatic carbocycles. The van der Waals surface area contributed by atoms with Crippen LogP contribution in [0.3, 0.4) is 0 Å². The number of nitrogens with two attached hydrogens (primary N) is 1. The van der Waals surface area contributed by atoms with E-state index < -0.39 is 11.7 Å². The second-order valence-corrected chi connectivity index (χ2v) is 11.6. The Kier molecular flexibility index (Phi) is 15.8. The molecule has 256 valence electrons. The highest BCUT2D eigenvalue weighted by atomic mass is 16.5. The lowest BCUT2D eigenvalue weighted by molar-refractivity contribution is -0.120. The van der Waals surface area contributed by atoms with E-state index in [1.54, 1.807) is 12.3 Å². The zero-order valence-corrected chi connectivity index (χ0v) is 28.6. The van der Waals surface area contributed by atoms with Gasteiger partial charge >= 0.3 is 0 Å². The lowest BCUT2D eigenvalue weighted by Gasteiger charge is -2.21. The predicted molar refractivity (Wildman–Crippen MR) is 190 cm³/mol. The Morgan fingerprint density at radius 3 is 2.35 bits per heavy atom. The number of benzene rings is 2. The molecule has 9 nitrogen and oxygen atoms in total. The summed E-state index contributed by atoms with van der Waals surface area (Å²) in [6, 6.07) is 12.8. The first kappa shape index (κ1) is 37.4. The van der Waals surface area contributed by atoms with Crippen LogP contribution in [0.1, 0.15) is 61.4 Å². The van der Waals surface area contributed by atoms with Gasteiger partial charge in [0.2, 0.25) is 11.5 Å². The number of carbonyl (C=O) groups excluding carboxylic acids is 3. The van der Waals surface area contributed by atoms with Gasteiger partial charge in [-0.25, -0.2) is 0 Å². The van der Waals surface area contributed by atoms with Gasteiger partial charge in [0.15, 0.2) is 17.3 Å². The van der Waals surface area contributed by atoms with Gasteiger partial charge < -0.3 is 30.6 Å². The topological polar surface area (TPSA) is 129 Å². The zero-order chi connectivity index (χ0) is 34.7. The number of allylic oxidation sites excluding steroid dienone is 6. The Morgan fingerprint density at radius 2 is 1.75 bits per heavy atom. The molecule has 1 atom stereocenters. The lowest BCUT2D eigenvalue weighted by atomic mass is 9.85. The van der Waals surface area contributed by atoms with Gasteiger partial charge in [0.1, 0.15) is 0 Å². The summed E-state index contributed by atoms with van der Waals surface area (Å²) in [5, 5.41) is 5.70. The largest absolute Gasteiger partial charge is 0.493 e. The molecule has 9 heteroatoms. The quantitative estimate of drug-likeness (QED) is 0.0669. The van der Waals surface area contributed by atoms with Gasteiger partial charge in [0, 0.05) is 12.1 Å². The normalized spacial score (nSPS) is 13.8. The lowest BCUT2D eigenvalue weighted by Crippen LogP contribution is -2.34. The fraction of sp³-hybridized carbons (Fsp3) is 0.359. The summed E-state index contributed by atoms with van der Waals surface area (Å²) in [5.74, 6) is -0.905. The molecule has 0 aliphatic carbocycles. The molecule has 1 aliphatic heterocycles. The second-order valence-electron chi connectivity index (χ2n) is 11.6. The monoisotopic (exact) mass is 655 g/mol. The first-order valence-corrected chi connectivity index (χ1v) is 16.4. The molecule has 4 N–H and O–H groups in total. The summed E-state index contributed by atoms with van der Waals surface area (Å²) in [7, 11) is 4.30. The standard InChI is InChI=1S/C39H49N3O6/c1-5-9-28(16-19-40)12-14-31(15-13-29-17-20-41-21-18-29)23-32(22-30-10-7-6-8-11-30)24-34(43)27-42-39(45)37(44)33-25-35(46-2)38(48-4)36(26-33)47-3/h6-11,16-20,24-26,31,41H,5,12-15,21-23,27,40H2,1-4H3,(H,42,45)/b19-16-,28-9-,32-24?. The molecule has 0 aromatic heterocycles. The third kappa shape index (κ3) is 12.0.